The van der Waals surface area contributed by atoms with Crippen molar-refractivity contribution in [3.05, 3.63) is 64.2 Å². The third-order valence-electron chi connectivity index (χ3n) is 2.87. The third-order valence-corrected chi connectivity index (χ3v) is 2.87. The second-order valence-electron chi connectivity index (χ2n) is 4.58. The van der Waals surface area contributed by atoms with Crippen molar-refractivity contribution in [2.45, 2.75) is 6.92 Å². The third kappa shape index (κ3) is 4.63. The predicted octanol–water partition coefficient (Wildman–Crippen LogP) is 3.13. The van der Waals surface area contributed by atoms with E-state index in [-0.39, 0.29) is 18.1 Å². The molecule has 0 N–H and O–H groups in total. The molecule has 0 fully saturated rings. The van der Waals surface area contributed by atoms with Crippen molar-refractivity contribution in [1.29, 1.82) is 0 Å². The van der Waals surface area contributed by atoms with E-state index in [0.29, 0.717) is 17.1 Å². The maximum Gasteiger partial charge on any atom is 0.303 e. The Labute approximate surface area is 131 Å². The topological polar surface area (TPSA) is 95.7 Å². The van der Waals surface area contributed by atoms with E-state index in [1.165, 1.54) is 31.2 Å². The second-order valence-corrected chi connectivity index (χ2v) is 4.58. The molecule has 0 aliphatic heterocycles. The van der Waals surface area contributed by atoms with E-state index in [4.69, 9.17) is 4.74 Å². The molecule has 0 aliphatic carbocycles. The Kier molecular flexibility index (Phi) is 5.03. The van der Waals surface area contributed by atoms with Crippen molar-refractivity contribution in [3.63, 3.8) is 0 Å². The van der Waals surface area contributed by atoms with Gasteiger partial charge in [0.05, 0.1) is 4.92 Å². The maximum absolute atomic E-state index is 11.7. The van der Waals surface area contributed by atoms with Crippen LogP contribution in [-0.4, -0.2) is 23.3 Å². The van der Waals surface area contributed by atoms with Gasteiger partial charge in [0.2, 0.25) is 0 Å². The summed E-state index contributed by atoms with van der Waals surface area (Å²) < 4.78 is 10.2. The normalized spacial score (nSPS) is 9.96. The number of carbonyl (C=O) groups is 2. The van der Waals surface area contributed by atoms with Gasteiger partial charge >= 0.3 is 5.97 Å². The average molecular weight is 315 g/mol. The SMILES string of the molecule is CC(=O)OCC(=O)c1ccc(Oc2ccc([N+](=O)[O-])cc2)cc1. The van der Waals surface area contributed by atoms with Gasteiger partial charge in [-0.05, 0) is 36.4 Å². The van der Waals surface area contributed by atoms with E-state index < -0.39 is 10.9 Å². The summed E-state index contributed by atoms with van der Waals surface area (Å²) in [5.74, 6) is 0.0797. The van der Waals surface area contributed by atoms with E-state index in [1.54, 1.807) is 24.3 Å². The summed E-state index contributed by atoms with van der Waals surface area (Å²) in [4.78, 5) is 32.5. The van der Waals surface area contributed by atoms with Crippen molar-refractivity contribution in [1.82, 2.24) is 0 Å². The van der Waals surface area contributed by atoms with Gasteiger partial charge in [-0.2, -0.15) is 0 Å². The Morgan fingerprint density at radius 2 is 1.52 bits per heavy atom. The predicted molar refractivity (Wildman–Crippen MR) is 80.6 cm³/mol. The highest BCUT2D eigenvalue weighted by Gasteiger charge is 2.09. The number of non-ortho nitro benzene ring substituents is 1. The lowest BCUT2D eigenvalue weighted by Crippen LogP contribution is -2.11. The monoisotopic (exact) mass is 315 g/mol. The minimum Gasteiger partial charge on any atom is -0.457 e. The minimum atomic E-state index is -0.517. The molecule has 7 heteroatoms. The van der Waals surface area contributed by atoms with Crippen LogP contribution in [0.4, 0.5) is 5.69 Å². The van der Waals surface area contributed by atoms with Crippen LogP contribution >= 0.6 is 0 Å². The lowest BCUT2D eigenvalue weighted by Gasteiger charge is -2.06. The Morgan fingerprint density at radius 3 is 2.00 bits per heavy atom. The van der Waals surface area contributed by atoms with Crippen LogP contribution in [0.15, 0.2) is 48.5 Å². The number of hydrogen-bond acceptors (Lipinski definition) is 6. The molecule has 0 aliphatic rings. The zero-order valence-corrected chi connectivity index (χ0v) is 12.2. The fourth-order valence-electron chi connectivity index (χ4n) is 1.73. The van der Waals surface area contributed by atoms with E-state index >= 15 is 0 Å². The standard InChI is InChI=1S/C16H13NO6/c1-11(18)22-10-16(19)12-2-6-14(7-3-12)23-15-8-4-13(5-9-15)17(20)21/h2-9H,10H2,1H3. The number of ether oxygens (including phenoxy) is 2. The first-order chi connectivity index (χ1) is 11.0. The number of ketones is 1. The van der Waals surface area contributed by atoms with Crippen molar-refractivity contribution >= 4 is 17.4 Å². The molecule has 0 saturated heterocycles. The Bertz CT molecular complexity index is 721. The molecule has 0 spiro atoms. The summed E-state index contributed by atoms with van der Waals surface area (Å²) >= 11 is 0. The molecule has 0 heterocycles. The summed E-state index contributed by atoms with van der Waals surface area (Å²) in [6.07, 6.45) is 0. The Balaban J connectivity index is 2.00. The summed E-state index contributed by atoms with van der Waals surface area (Å²) in [6, 6.07) is 11.9. The molecular formula is C16H13NO6. The van der Waals surface area contributed by atoms with Gasteiger partial charge in [0.1, 0.15) is 11.5 Å². The smallest absolute Gasteiger partial charge is 0.303 e. The van der Waals surface area contributed by atoms with Crippen molar-refractivity contribution in [3.8, 4) is 11.5 Å². The highest BCUT2D eigenvalue weighted by molar-refractivity contribution is 5.97. The lowest BCUT2D eigenvalue weighted by atomic mass is 10.1. The van der Waals surface area contributed by atoms with E-state index in [2.05, 4.69) is 4.74 Å². The van der Waals surface area contributed by atoms with Gasteiger partial charge in [0.25, 0.3) is 5.69 Å². The molecule has 0 atom stereocenters. The van der Waals surface area contributed by atoms with Gasteiger partial charge < -0.3 is 9.47 Å². The number of nitro groups is 1. The molecule has 2 aromatic rings. The number of nitro benzene ring substituents is 1. The van der Waals surface area contributed by atoms with E-state index in [1.807, 2.05) is 0 Å². The summed E-state index contributed by atoms with van der Waals surface area (Å²) in [5.41, 5.74) is 0.367. The molecule has 0 amide bonds. The highest BCUT2D eigenvalue weighted by Crippen LogP contribution is 2.24. The molecule has 118 valence electrons. The van der Waals surface area contributed by atoms with Crippen molar-refractivity contribution < 1.29 is 24.0 Å². The molecule has 0 saturated carbocycles. The summed E-state index contributed by atoms with van der Waals surface area (Å²) in [6.45, 7) is 0.923. The first kappa shape index (κ1) is 16.2. The van der Waals surface area contributed by atoms with Gasteiger partial charge in [0, 0.05) is 24.6 Å². The van der Waals surface area contributed by atoms with E-state index in [0.717, 1.165) is 0 Å². The van der Waals surface area contributed by atoms with E-state index in [9.17, 15) is 19.7 Å². The van der Waals surface area contributed by atoms with Crippen LogP contribution in [0.5, 0.6) is 11.5 Å². The van der Waals surface area contributed by atoms with Crippen LogP contribution in [0.3, 0.4) is 0 Å². The fraction of sp³-hybridized carbons (Fsp3) is 0.125. The van der Waals surface area contributed by atoms with Crippen LogP contribution < -0.4 is 4.74 Å². The van der Waals surface area contributed by atoms with Crippen LogP contribution in [0.2, 0.25) is 0 Å². The number of benzene rings is 2. The zero-order chi connectivity index (χ0) is 16.8. The molecule has 2 aromatic carbocycles. The van der Waals surface area contributed by atoms with Gasteiger partial charge in [-0.3, -0.25) is 19.7 Å². The maximum atomic E-state index is 11.7. The minimum absolute atomic E-state index is 0.0243. The zero-order valence-electron chi connectivity index (χ0n) is 12.2. The van der Waals surface area contributed by atoms with Crippen LogP contribution in [-0.2, 0) is 9.53 Å². The average Bonchev–Trinajstić information content (AvgIpc) is 2.54. The molecule has 0 bridgehead atoms. The largest absolute Gasteiger partial charge is 0.457 e. The summed E-state index contributed by atoms with van der Waals surface area (Å²) in [5, 5.41) is 10.6. The van der Waals surface area contributed by atoms with Crippen molar-refractivity contribution in [2.24, 2.45) is 0 Å². The first-order valence-electron chi connectivity index (χ1n) is 6.64. The number of esters is 1. The Morgan fingerprint density at radius 1 is 1.00 bits per heavy atom. The molecule has 0 aromatic heterocycles. The van der Waals surface area contributed by atoms with Gasteiger partial charge in [-0.25, -0.2) is 0 Å². The molecular weight excluding hydrogens is 302 g/mol. The summed E-state index contributed by atoms with van der Waals surface area (Å²) in [7, 11) is 0. The second kappa shape index (κ2) is 7.17. The highest BCUT2D eigenvalue weighted by atomic mass is 16.6. The first-order valence-corrected chi connectivity index (χ1v) is 6.64. The molecule has 7 nitrogen and oxygen atoms in total. The number of carbonyl (C=O) groups excluding carboxylic acids is 2. The number of rotatable bonds is 6. The lowest BCUT2D eigenvalue weighted by molar-refractivity contribution is -0.384. The number of hydrogen-bond donors (Lipinski definition) is 0. The van der Waals surface area contributed by atoms with Crippen LogP contribution in [0.1, 0.15) is 17.3 Å². The van der Waals surface area contributed by atoms with Crippen LogP contribution in [0.25, 0.3) is 0 Å². The molecule has 0 unspecified atom stereocenters. The quantitative estimate of drug-likeness (QED) is 0.352. The number of nitrogens with zero attached hydrogens (tertiary/aromatic N) is 1. The molecule has 0 radical (unpaired) electrons. The number of Topliss-reactive ketones (excluding diaryl/α,β-unsaturated/α-hetero) is 1. The Hall–Kier alpha value is -3.22. The fourth-order valence-corrected chi connectivity index (χ4v) is 1.73. The van der Waals surface area contributed by atoms with Gasteiger partial charge in [0.15, 0.2) is 12.4 Å². The van der Waals surface area contributed by atoms with Crippen LogP contribution in [0, 0.1) is 10.1 Å². The van der Waals surface area contributed by atoms with Gasteiger partial charge in [-0.15, -0.1) is 0 Å². The molecule has 23 heavy (non-hydrogen) atoms. The van der Waals surface area contributed by atoms with Gasteiger partial charge in [-0.1, -0.05) is 0 Å². The molecule has 2 rings (SSSR count). The van der Waals surface area contributed by atoms with Crippen molar-refractivity contribution in [2.75, 3.05) is 6.61 Å².